The van der Waals surface area contributed by atoms with Gasteiger partial charge in [0.1, 0.15) is 9.77 Å². The molecule has 118 valence electrons. The number of sulfonamides is 1. The molecule has 1 rings (SSSR count). The molecule has 0 fully saturated rings. The Hall–Kier alpha value is -1.45. The van der Waals surface area contributed by atoms with Crippen LogP contribution < -0.4 is 4.72 Å². The van der Waals surface area contributed by atoms with Crippen LogP contribution in [0, 0.1) is 0 Å². The molecule has 1 aromatic rings. The van der Waals surface area contributed by atoms with Gasteiger partial charge in [-0.05, 0) is 24.3 Å². The molecule has 0 spiro atoms. The van der Waals surface area contributed by atoms with Gasteiger partial charge in [-0.2, -0.15) is 0 Å². The highest BCUT2D eigenvalue weighted by molar-refractivity contribution is 7.89. The van der Waals surface area contributed by atoms with Crippen LogP contribution in [0.4, 0.5) is 0 Å². The highest BCUT2D eigenvalue weighted by atomic mass is 32.2. The third kappa shape index (κ3) is 5.44. The molecule has 0 aliphatic rings. The van der Waals surface area contributed by atoms with Crippen molar-refractivity contribution in [2.24, 2.45) is 0 Å². The molecule has 0 amide bonds. The van der Waals surface area contributed by atoms with Gasteiger partial charge in [0.2, 0.25) is 10.0 Å². The highest BCUT2D eigenvalue weighted by Crippen LogP contribution is 2.22. The number of carbonyl (C=O) groups is 2. The Morgan fingerprint density at radius 1 is 1.33 bits per heavy atom. The van der Waals surface area contributed by atoms with Crippen LogP contribution in [0.2, 0.25) is 0 Å². The zero-order valence-electron chi connectivity index (χ0n) is 11.5. The van der Waals surface area contributed by atoms with Crippen molar-refractivity contribution in [3.05, 3.63) is 16.3 Å². The quantitative estimate of drug-likeness (QED) is 0.522. The predicted octanol–water partition coefficient (Wildman–Crippen LogP) is 1.46. The minimum absolute atomic E-state index is 0.0378. The topological polar surface area (TPSA) is 110 Å². The normalized spacial score (nSPS) is 11.3. The number of rotatable bonds is 9. The first-order valence-corrected chi connectivity index (χ1v) is 8.62. The van der Waals surface area contributed by atoms with Gasteiger partial charge in [-0.3, -0.25) is 4.79 Å². The summed E-state index contributed by atoms with van der Waals surface area (Å²) in [5.74, 6) is -1.55. The first-order chi connectivity index (χ1) is 9.88. The van der Waals surface area contributed by atoms with E-state index in [1.165, 1.54) is 18.6 Å². The summed E-state index contributed by atoms with van der Waals surface area (Å²) in [6.45, 7) is 0.193. The van der Waals surface area contributed by atoms with Gasteiger partial charge in [0.15, 0.2) is 0 Å². The van der Waals surface area contributed by atoms with Crippen LogP contribution in [-0.2, 0) is 19.6 Å². The highest BCUT2D eigenvalue weighted by Gasteiger charge is 2.24. The van der Waals surface area contributed by atoms with Crippen LogP contribution in [0.3, 0.4) is 0 Å². The first kappa shape index (κ1) is 17.6. The molecule has 1 aromatic heterocycles. The van der Waals surface area contributed by atoms with E-state index in [0.29, 0.717) is 19.3 Å². The average Bonchev–Trinajstić information content (AvgIpc) is 2.91. The number of thiophene rings is 1. The van der Waals surface area contributed by atoms with E-state index in [1.807, 2.05) is 0 Å². The molecule has 1 heterocycles. The maximum Gasteiger partial charge on any atom is 0.349 e. The molecule has 9 heteroatoms. The molecule has 0 saturated heterocycles. The second-order valence-corrected chi connectivity index (χ2v) is 6.86. The van der Waals surface area contributed by atoms with Crippen molar-refractivity contribution in [3.8, 4) is 0 Å². The van der Waals surface area contributed by atoms with Crippen LogP contribution >= 0.6 is 11.3 Å². The Kier molecular flexibility index (Phi) is 6.79. The lowest BCUT2D eigenvalue weighted by atomic mass is 10.2. The van der Waals surface area contributed by atoms with Crippen molar-refractivity contribution in [2.75, 3.05) is 13.7 Å². The van der Waals surface area contributed by atoms with Crippen LogP contribution in [-0.4, -0.2) is 39.1 Å². The number of carbonyl (C=O) groups excluding carboxylic acids is 1. The van der Waals surface area contributed by atoms with Crippen LogP contribution in [0.25, 0.3) is 0 Å². The Balaban J connectivity index is 2.53. The fraction of sp³-hybridized carbons (Fsp3) is 0.500. The lowest BCUT2D eigenvalue weighted by Crippen LogP contribution is -2.26. The van der Waals surface area contributed by atoms with Crippen molar-refractivity contribution in [1.29, 1.82) is 0 Å². The molecular weight excluding hydrogens is 318 g/mol. The van der Waals surface area contributed by atoms with E-state index >= 15 is 0 Å². The van der Waals surface area contributed by atoms with Crippen LogP contribution in [0.15, 0.2) is 16.3 Å². The summed E-state index contributed by atoms with van der Waals surface area (Å²) < 4.78 is 31.1. The maximum atomic E-state index is 12.1. The molecule has 0 aromatic carbocycles. The van der Waals surface area contributed by atoms with Gasteiger partial charge >= 0.3 is 11.9 Å². The first-order valence-electron chi connectivity index (χ1n) is 6.25. The van der Waals surface area contributed by atoms with E-state index in [2.05, 4.69) is 9.46 Å². The summed E-state index contributed by atoms with van der Waals surface area (Å²) in [6, 6.07) is 1.35. The van der Waals surface area contributed by atoms with Gasteiger partial charge in [-0.15, -0.1) is 11.3 Å². The van der Waals surface area contributed by atoms with Gasteiger partial charge in [-0.1, -0.05) is 6.42 Å². The number of unbranched alkanes of at least 4 members (excludes halogenated alkanes) is 2. The van der Waals surface area contributed by atoms with E-state index in [-0.39, 0.29) is 22.7 Å². The Bertz CT molecular complexity index is 593. The molecule has 0 atom stereocenters. The van der Waals surface area contributed by atoms with E-state index in [1.54, 1.807) is 0 Å². The smallest absolute Gasteiger partial charge is 0.349 e. The van der Waals surface area contributed by atoms with E-state index < -0.39 is 22.0 Å². The second kappa shape index (κ2) is 8.11. The maximum absolute atomic E-state index is 12.1. The molecule has 0 radical (unpaired) electrons. The number of ether oxygens (including phenoxy) is 1. The van der Waals surface area contributed by atoms with Gasteiger partial charge in [0.25, 0.3) is 0 Å². The molecule has 21 heavy (non-hydrogen) atoms. The number of hydrogen-bond donors (Lipinski definition) is 2. The van der Waals surface area contributed by atoms with E-state index in [9.17, 15) is 18.0 Å². The van der Waals surface area contributed by atoms with E-state index in [4.69, 9.17) is 5.11 Å². The largest absolute Gasteiger partial charge is 0.481 e. The Morgan fingerprint density at radius 2 is 2.05 bits per heavy atom. The van der Waals surface area contributed by atoms with Gasteiger partial charge in [0, 0.05) is 13.0 Å². The molecule has 0 saturated carbocycles. The Morgan fingerprint density at radius 3 is 2.67 bits per heavy atom. The number of esters is 1. The number of hydrogen-bond acceptors (Lipinski definition) is 6. The molecule has 0 aliphatic carbocycles. The second-order valence-electron chi connectivity index (χ2n) is 4.21. The fourth-order valence-corrected chi connectivity index (χ4v) is 4.02. The van der Waals surface area contributed by atoms with Crippen molar-refractivity contribution in [3.63, 3.8) is 0 Å². The number of carboxylic acids is 1. The minimum Gasteiger partial charge on any atom is -0.481 e. The van der Waals surface area contributed by atoms with Crippen LogP contribution in [0.1, 0.15) is 35.4 Å². The third-order valence-electron chi connectivity index (χ3n) is 2.65. The fourth-order valence-electron chi connectivity index (χ4n) is 1.61. The minimum atomic E-state index is -3.76. The van der Waals surface area contributed by atoms with Crippen molar-refractivity contribution in [2.45, 2.75) is 30.6 Å². The molecule has 0 unspecified atom stereocenters. The molecule has 7 nitrogen and oxygen atoms in total. The molecule has 0 bridgehead atoms. The van der Waals surface area contributed by atoms with E-state index in [0.717, 1.165) is 11.3 Å². The number of carboxylic acid groups (broad SMARTS) is 1. The van der Waals surface area contributed by atoms with Crippen molar-refractivity contribution >= 4 is 33.3 Å². The number of aliphatic carboxylic acids is 1. The average molecular weight is 335 g/mol. The van der Waals surface area contributed by atoms with Crippen LogP contribution in [0.5, 0.6) is 0 Å². The lowest BCUT2D eigenvalue weighted by molar-refractivity contribution is -0.137. The lowest BCUT2D eigenvalue weighted by Gasteiger charge is -2.06. The van der Waals surface area contributed by atoms with Crippen molar-refractivity contribution < 1.29 is 27.9 Å². The Labute approximate surface area is 127 Å². The molecule has 2 N–H and O–H groups in total. The van der Waals surface area contributed by atoms with Crippen molar-refractivity contribution in [1.82, 2.24) is 4.72 Å². The summed E-state index contributed by atoms with van der Waals surface area (Å²) in [5, 5.41) is 9.98. The monoisotopic (exact) mass is 335 g/mol. The predicted molar refractivity (Wildman–Crippen MR) is 77.0 cm³/mol. The zero-order chi connectivity index (χ0) is 15.9. The molecular formula is C12H17NO6S2. The summed E-state index contributed by atoms with van der Waals surface area (Å²) in [5.41, 5.74) is 0. The van der Waals surface area contributed by atoms with Gasteiger partial charge in [-0.25, -0.2) is 17.9 Å². The SMILES string of the molecule is COC(=O)c1sccc1S(=O)(=O)NCCCCCC(=O)O. The number of nitrogens with one attached hydrogen (secondary N) is 1. The summed E-state index contributed by atoms with van der Waals surface area (Å²) >= 11 is 1.00. The van der Waals surface area contributed by atoms with Gasteiger partial charge < -0.3 is 9.84 Å². The molecule has 0 aliphatic heterocycles. The number of methoxy groups -OCH3 is 1. The summed E-state index contributed by atoms with van der Waals surface area (Å²) in [6.07, 6.45) is 1.72. The standard InChI is InChI=1S/C12H17NO6S2/c1-19-12(16)11-9(6-8-20-11)21(17,18)13-7-4-2-3-5-10(14)15/h6,8,13H,2-5,7H2,1H3,(H,14,15). The summed E-state index contributed by atoms with van der Waals surface area (Å²) in [4.78, 5) is 21.7. The third-order valence-corrected chi connectivity index (χ3v) is 5.18. The van der Waals surface area contributed by atoms with Gasteiger partial charge in [0.05, 0.1) is 7.11 Å². The summed E-state index contributed by atoms with van der Waals surface area (Å²) in [7, 11) is -2.57. The zero-order valence-corrected chi connectivity index (χ0v) is 13.1.